The Morgan fingerprint density at radius 2 is 2.05 bits per heavy atom. The summed E-state index contributed by atoms with van der Waals surface area (Å²) in [5, 5.41) is 0. The van der Waals surface area contributed by atoms with E-state index in [1.54, 1.807) is 18.2 Å². The second-order valence-electron chi connectivity index (χ2n) is 4.75. The van der Waals surface area contributed by atoms with Gasteiger partial charge in [-0.05, 0) is 32.4 Å². The molecule has 2 N–H and O–H groups in total. The van der Waals surface area contributed by atoms with Crippen LogP contribution < -0.4 is 5.73 Å². The summed E-state index contributed by atoms with van der Waals surface area (Å²) in [7, 11) is 0. The second kappa shape index (κ2) is 8.75. The second-order valence-corrected chi connectivity index (χ2v) is 4.75. The van der Waals surface area contributed by atoms with Crippen LogP contribution in [0.15, 0.2) is 18.2 Å². The van der Waals surface area contributed by atoms with Gasteiger partial charge >= 0.3 is 0 Å². The molecule has 1 amide bonds. The Bertz CT molecular complexity index is 396. The number of unbranched alkanes of at least 4 members (excludes halogenated alkanes) is 2. The predicted molar refractivity (Wildman–Crippen MR) is 81.6 cm³/mol. The number of amides is 1. The van der Waals surface area contributed by atoms with Gasteiger partial charge in [0, 0.05) is 12.6 Å². The van der Waals surface area contributed by atoms with E-state index in [1.165, 1.54) is 0 Å². The van der Waals surface area contributed by atoms with Crippen molar-refractivity contribution in [3.05, 3.63) is 23.9 Å². The fourth-order valence-corrected chi connectivity index (χ4v) is 1.84. The Balaban J connectivity index is 0.00000324. The molecule has 5 heteroatoms. The van der Waals surface area contributed by atoms with Crippen molar-refractivity contribution in [2.45, 2.75) is 46.1 Å². The summed E-state index contributed by atoms with van der Waals surface area (Å²) >= 11 is 0. The Labute approximate surface area is 121 Å². The number of halogens is 1. The van der Waals surface area contributed by atoms with Gasteiger partial charge in [-0.1, -0.05) is 25.8 Å². The Morgan fingerprint density at radius 1 is 1.37 bits per heavy atom. The highest BCUT2D eigenvalue weighted by Gasteiger charge is 2.19. The lowest BCUT2D eigenvalue weighted by Crippen LogP contribution is -2.38. The van der Waals surface area contributed by atoms with Crippen LogP contribution in [0.5, 0.6) is 0 Å². The number of nitrogens with two attached hydrogens (primary N) is 1. The number of nitrogen functional groups attached to an aromatic ring is 1. The van der Waals surface area contributed by atoms with Gasteiger partial charge in [-0.15, -0.1) is 12.4 Å². The summed E-state index contributed by atoms with van der Waals surface area (Å²) in [5.41, 5.74) is 6.04. The topological polar surface area (TPSA) is 59.2 Å². The fourth-order valence-electron chi connectivity index (χ4n) is 1.84. The average molecular weight is 286 g/mol. The van der Waals surface area contributed by atoms with E-state index in [0.717, 1.165) is 25.8 Å². The first-order chi connectivity index (χ1) is 8.56. The Hall–Kier alpha value is -1.29. The first kappa shape index (κ1) is 17.7. The summed E-state index contributed by atoms with van der Waals surface area (Å²) in [6.07, 6.45) is 3.32. The van der Waals surface area contributed by atoms with Gasteiger partial charge in [0.1, 0.15) is 11.5 Å². The Kier molecular flexibility index (Phi) is 8.16. The number of carbonyl (C=O) groups is 1. The van der Waals surface area contributed by atoms with Crippen LogP contribution in [0.3, 0.4) is 0 Å². The maximum Gasteiger partial charge on any atom is 0.272 e. The number of nitrogens with zero attached hydrogens (tertiary/aromatic N) is 2. The van der Waals surface area contributed by atoms with Crippen molar-refractivity contribution in [2.24, 2.45) is 0 Å². The normalized spacial score (nSPS) is 10.1. The number of anilines is 1. The third kappa shape index (κ3) is 5.47. The number of carbonyl (C=O) groups excluding carboxylic acids is 1. The number of hydrogen-bond donors (Lipinski definition) is 1. The maximum atomic E-state index is 12.3. The van der Waals surface area contributed by atoms with Crippen molar-refractivity contribution in [3.8, 4) is 0 Å². The number of rotatable bonds is 6. The van der Waals surface area contributed by atoms with E-state index in [0.29, 0.717) is 11.5 Å². The van der Waals surface area contributed by atoms with E-state index in [1.807, 2.05) is 18.7 Å². The lowest BCUT2D eigenvalue weighted by atomic mass is 10.2. The third-order valence-corrected chi connectivity index (χ3v) is 2.88. The minimum absolute atomic E-state index is 0. The molecule has 0 unspecified atom stereocenters. The minimum Gasteiger partial charge on any atom is -0.384 e. The molecular weight excluding hydrogens is 262 g/mol. The van der Waals surface area contributed by atoms with Crippen LogP contribution in [0.4, 0.5) is 5.82 Å². The smallest absolute Gasteiger partial charge is 0.272 e. The van der Waals surface area contributed by atoms with E-state index in [4.69, 9.17) is 5.73 Å². The zero-order valence-corrected chi connectivity index (χ0v) is 12.7. The van der Waals surface area contributed by atoms with Crippen molar-refractivity contribution < 1.29 is 4.79 Å². The van der Waals surface area contributed by atoms with Crippen molar-refractivity contribution >= 4 is 24.1 Å². The predicted octanol–water partition coefficient (Wildman–Crippen LogP) is 3.13. The van der Waals surface area contributed by atoms with Gasteiger partial charge in [0.25, 0.3) is 5.91 Å². The van der Waals surface area contributed by atoms with Gasteiger partial charge in [0.15, 0.2) is 0 Å². The molecule has 0 aliphatic heterocycles. The molecule has 0 aromatic carbocycles. The van der Waals surface area contributed by atoms with E-state index in [9.17, 15) is 4.79 Å². The molecule has 1 rings (SSSR count). The average Bonchev–Trinajstić information content (AvgIpc) is 2.33. The molecule has 0 fully saturated rings. The summed E-state index contributed by atoms with van der Waals surface area (Å²) < 4.78 is 0. The lowest BCUT2D eigenvalue weighted by molar-refractivity contribution is 0.0696. The van der Waals surface area contributed by atoms with Crippen LogP contribution >= 0.6 is 12.4 Å². The van der Waals surface area contributed by atoms with Crippen molar-refractivity contribution in [1.29, 1.82) is 0 Å². The van der Waals surface area contributed by atoms with Gasteiger partial charge in [0.05, 0.1) is 0 Å². The van der Waals surface area contributed by atoms with Crippen LogP contribution in [0.1, 0.15) is 50.5 Å². The van der Waals surface area contributed by atoms with Crippen LogP contribution in [0, 0.1) is 0 Å². The standard InChI is InChI=1S/C14H23N3O.ClH/c1-4-5-6-10-17(11(2)3)14(18)12-8-7-9-13(15)16-12;/h7-9,11H,4-6,10H2,1-3H3,(H2,15,16);1H. The number of hydrogen-bond acceptors (Lipinski definition) is 3. The van der Waals surface area contributed by atoms with Crippen molar-refractivity contribution in [3.63, 3.8) is 0 Å². The van der Waals surface area contributed by atoms with E-state index in [-0.39, 0.29) is 24.4 Å². The molecule has 1 aromatic heterocycles. The third-order valence-electron chi connectivity index (χ3n) is 2.88. The molecule has 4 nitrogen and oxygen atoms in total. The highest BCUT2D eigenvalue weighted by Crippen LogP contribution is 2.10. The van der Waals surface area contributed by atoms with Gasteiger partial charge < -0.3 is 10.6 Å². The summed E-state index contributed by atoms with van der Waals surface area (Å²) in [6, 6.07) is 5.35. The molecular formula is C14H24ClN3O. The van der Waals surface area contributed by atoms with E-state index in [2.05, 4.69) is 11.9 Å². The maximum absolute atomic E-state index is 12.3. The van der Waals surface area contributed by atoms with Crippen molar-refractivity contribution in [1.82, 2.24) is 9.88 Å². The molecule has 0 aliphatic rings. The van der Waals surface area contributed by atoms with Crippen molar-refractivity contribution in [2.75, 3.05) is 12.3 Å². The van der Waals surface area contributed by atoms with Crippen LogP contribution in [0.2, 0.25) is 0 Å². The van der Waals surface area contributed by atoms with E-state index < -0.39 is 0 Å². The molecule has 0 saturated heterocycles. The fraction of sp³-hybridized carbons (Fsp3) is 0.571. The zero-order valence-electron chi connectivity index (χ0n) is 11.9. The number of pyridine rings is 1. The van der Waals surface area contributed by atoms with Crippen LogP contribution in [-0.2, 0) is 0 Å². The molecule has 1 aromatic rings. The molecule has 0 saturated carbocycles. The van der Waals surface area contributed by atoms with E-state index >= 15 is 0 Å². The highest BCUT2D eigenvalue weighted by atomic mass is 35.5. The van der Waals surface area contributed by atoms with Crippen LogP contribution in [0.25, 0.3) is 0 Å². The van der Waals surface area contributed by atoms with Crippen LogP contribution in [-0.4, -0.2) is 28.4 Å². The highest BCUT2D eigenvalue weighted by molar-refractivity contribution is 5.92. The summed E-state index contributed by atoms with van der Waals surface area (Å²) in [5.74, 6) is 0.353. The molecule has 0 spiro atoms. The number of aromatic nitrogens is 1. The first-order valence-corrected chi connectivity index (χ1v) is 6.59. The SMILES string of the molecule is CCCCCN(C(=O)c1cccc(N)n1)C(C)C.Cl. The quantitative estimate of drug-likeness (QED) is 0.817. The molecule has 0 aliphatic carbocycles. The molecule has 1 heterocycles. The Morgan fingerprint density at radius 3 is 2.58 bits per heavy atom. The summed E-state index contributed by atoms with van der Waals surface area (Å²) in [6.45, 7) is 6.98. The monoisotopic (exact) mass is 285 g/mol. The van der Waals surface area contributed by atoms with Gasteiger partial charge in [-0.3, -0.25) is 4.79 Å². The van der Waals surface area contributed by atoms with Gasteiger partial charge in [-0.25, -0.2) is 4.98 Å². The molecule has 0 radical (unpaired) electrons. The van der Waals surface area contributed by atoms with Gasteiger partial charge in [0.2, 0.25) is 0 Å². The first-order valence-electron chi connectivity index (χ1n) is 6.59. The minimum atomic E-state index is -0.0339. The largest absolute Gasteiger partial charge is 0.384 e. The summed E-state index contributed by atoms with van der Waals surface area (Å²) in [4.78, 5) is 18.3. The molecule has 0 atom stereocenters. The molecule has 108 valence electrons. The lowest BCUT2D eigenvalue weighted by Gasteiger charge is -2.26. The van der Waals surface area contributed by atoms with Gasteiger partial charge in [-0.2, -0.15) is 0 Å². The molecule has 19 heavy (non-hydrogen) atoms. The zero-order chi connectivity index (χ0) is 13.5. The molecule has 0 bridgehead atoms.